The van der Waals surface area contributed by atoms with Crippen molar-refractivity contribution in [3.05, 3.63) is 54.9 Å². The van der Waals surface area contributed by atoms with Gasteiger partial charge in [-0.2, -0.15) is 0 Å². The zero-order valence-electron chi connectivity index (χ0n) is 14.4. The first-order valence-corrected chi connectivity index (χ1v) is 8.45. The standard InChI is InChI=1S/C18H21N7/c1-23-13-21-22-18(23)15-9-6-10-25(15)17-11-16(19-12-20-17)24(2)14-7-4-3-5-8-14/h3-5,7-8,11-13,15H,6,9-10H2,1-2H3. The first-order valence-electron chi connectivity index (χ1n) is 8.45. The summed E-state index contributed by atoms with van der Waals surface area (Å²) in [5.74, 6) is 2.78. The zero-order chi connectivity index (χ0) is 17.2. The smallest absolute Gasteiger partial charge is 0.155 e. The molecule has 0 radical (unpaired) electrons. The summed E-state index contributed by atoms with van der Waals surface area (Å²) in [7, 11) is 4.01. The third kappa shape index (κ3) is 2.93. The molecule has 4 rings (SSSR count). The fraction of sp³-hybridized carbons (Fsp3) is 0.333. The molecule has 3 heterocycles. The monoisotopic (exact) mass is 335 g/mol. The highest BCUT2D eigenvalue weighted by Crippen LogP contribution is 2.35. The summed E-state index contributed by atoms with van der Waals surface area (Å²) >= 11 is 0. The number of para-hydroxylation sites is 1. The second-order valence-electron chi connectivity index (χ2n) is 6.28. The third-order valence-corrected chi connectivity index (χ3v) is 4.72. The highest BCUT2D eigenvalue weighted by molar-refractivity contribution is 5.62. The van der Waals surface area contributed by atoms with Gasteiger partial charge in [-0.1, -0.05) is 18.2 Å². The molecule has 128 valence electrons. The lowest BCUT2D eigenvalue weighted by molar-refractivity contribution is 0.624. The van der Waals surface area contributed by atoms with Gasteiger partial charge >= 0.3 is 0 Å². The summed E-state index contributed by atoms with van der Waals surface area (Å²) in [5.41, 5.74) is 1.10. The predicted octanol–water partition coefficient (Wildman–Crippen LogP) is 2.71. The van der Waals surface area contributed by atoms with E-state index in [1.165, 1.54) is 0 Å². The normalized spacial score (nSPS) is 17.0. The van der Waals surface area contributed by atoms with Gasteiger partial charge in [-0.3, -0.25) is 0 Å². The van der Waals surface area contributed by atoms with Gasteiger partial charge in [0.2, 0.25) is 0 Å². The van der Waals surface area contributed by atoms with E-state index in [0.29, 0.717) is 0 Å². The molecular weight excluding hydrogens is 314 g/mol. The summed E-state index contributed by atoms with van der Waals surface area (Å²) in [6, 6.07) is 12.5. The molecule has 1 fully saturated rings. The maximum atomic E-state index is 4.52. The van der Waals surface area contributed by atoms with Gasteiger partial charge in [0.1, 0.15) is 24.3 Å². The van der Waals surface area contributed by atoms with Crippen molar-refractivity contribution in [2.45, 2.75) is 18.9 Å². The SMILES string of the molecule is CN(c1ccccc1)c1cc(N2CCCC2c2nncn2C)ncn1. The summed E-state index contributed by atoms with van der Waals surface area (Å²) in [6.45, 7) is 0.961. The lowest BCUT2D eigenvalue weighted by Crippen LogP contribution is -2.26. The van der Waals surface area contributed by atoms with E-state index in [4.69, 9.17) is 0 Å². The lowest BCUT2D eigenvalue weighted by atomic mass is 10.2. The van der Waals surface area contributed by atoms with Gasteiger partial charge in [-0.05, 0) is 25.0 Å². The fourth-order valence-electron chi connectivity index (χ4n) is 3.36. The number of rotatable bonds is 4. The average molecular weight is 335 g/mol. The average Bonchev–Trinajstić information content (AvgIpc) is 3.30. The Morgan fingerprint density at radius 1 is 1.16 bits per heavy atom. The van der Waals surface area contributed by atoms with E-state index >= 15 is 0 Å². The van der Waals surface area contributed by atoms with Crippen LogP contribution in [0.15, 0.2) is 49.1 Å². The molecule has 7 heteroatoms. The van der Waals surface area contributed by atoms with Gasteiger partial charge < -0.3 is 14.4 Å². The molecule has 25 heavy (non-hydrogen) atoms. The molecule has 7 nitrogen and oxygen atoms in total. The van der Waals surface area contributed by atoms with Gasteiger partial charge in [-0.15, -0.1) is 10.2 Å². The molecule has 0 aliphatic carbocycles. The Kier molecular flexibility index (Phi) is 4.05. The molecule has 3 aromatic rings. The largest absolute Gasteiger partial charge is 0.346 e. The summed E-state index contributed by atoms with van der Waals surface area (Å²) in [4.78, 5) is 13.3. The Balaban J connectivity index is 1.64. The zero-order valence-corrected chi connectivity index (χ0v) is 14.4. The van der Waals surface area contributed by atoms with Crippen LogP contribution in [-0.2, 0) is 7.05 Å². The maximum absolute atomic E-state index is 4.52. The Labute approximate surface area is 147 Å². The quantitative estimate of drug-likeness (QED) is 0.730. The van der Waals surface area contributed by atoms with Crippen LogP contribution in [0, 0.1) is 0 Å². The Hall–Kier alpha value is -2.96. The number of hydrogen-bond acceptors (Lipinski definition) is 6. The van der Waals surface area contributed by atoms with Crippen LogP contribution in [0.3, 0.4) is 0 Å². The number of nitrogens with zero attached hydrogens (tertiary/aromatic N) is 7. The molecule has 0 N–H and O–H groups in total. The fourth-order valence-corrected chi connectivity index (χ4v) is 3.36. The minimum absolute atomic E-state index is 0.206. The van der Waals surface area contributed by atoms with Crippen molar-refractivity contribution in [3.63, 3.8) is 0 Å². The Morgan fingerprint density at radius 3 is 2.76 bits per heavy atom. The van der Waals surface area contributed by atoms with E-state index in [1.54, 1.807) is 12.7 Å². The Bertz CT molecular complexity index is 845. The van der Waals surface area contributed by atoms with Gasteiger partial charge in [0.15, 0.2) is 5.82 Å². The summed E-state index contributed by atoms with van der Waals surface area (Å²) in [6.07, 6.45) is 5.56. The molecule has 1 aromatic carbocycles. The van der Waals surface area contributed by atoms with E-state index in [0.717, 1.165) is 42.5 Å². The Morgan fingerprint density at radius 2 is 2.00 bits per heavy atom. The molecule has 0 spiro atoms. The minimum atomic E-state index is 0.206. The highest BCUT2D eigenvalue weighted by atomic mass is 15.3. The molecule has 2 aromatic heterocycles. The molecule has 1 aliphatic heterocycles. The number of aromatic nitrogens is 5. The van der Waals surface area contributed by atoms with Crippen LogP contribution >= 0.6 is 0 Å². The van der Waals surface area contributed by atoms with E-state index in [2.05, 4.69) is 42.1 Å². The number of benzene rings is 1. The van der Waals surface area contributed by atoms with E-state index in [-0.39, 0.29) is 6.04 Å². The van der Waals surface area contributed by atoms with Gasteiger partial charge in [0.05, 0.1) is 6.04 Å². The van der Waals surface area contributed by atoms with Gasteiger partial charge in [0.25, 0.3) is 0 Å². The lowest BCUT2D eigenvalue weighted by Gasteiger charge is -2.26. The topological polar surface area (TPSA) is 63.0 Å². The number of anilines is 3. The van der Waals surface area contributed by atoms with Crippen molar-refractivity contribution >= 4 is 17.3 Å². The van der Waals surface area contributed by atoms with Gasteiger partial charge in [-0.25, -0.2) is 9.97 Å². The highest BCUT2D eigenvalue weighted by Gasteiger charge is 2.30. The van der Waals surface area contributed by atoms with Crippen LogP contribution in [0.2, 0.25) is 0 Å². The molecule has 0 amide bonds. The van der Waals surface area contributed by atoms with Crippen LogP contribution < -0.4 is 9.80 Å². The van der Waals surface area contributed by atoms with Crippen LogP contribution in [0.25, 0.3) is 0 Å². The number of aryl methyl sites for hydroxylation is 1. The first-order chi connectivity index (χ1) is 12.2. The maximum Gasteiger partial charge on any atom is 0.155 e. The van der Waals surface area contributed by atoms with E-state index in [1.807, 2.05) is 42.9 Å². The first kappa shape index (κ1) is 15.6. The summed E-state index contributed by atoms with van der Waals surface area (Å²) in [5, 5.41) is 8.32. The summed E-state index contributed by atoms with van der Waals surface area (Å²) < 4.78 is 1.99. The van der Waals surface area contributed by atoms with Crippen molar-refractivity contribution in [1.82, 2.24) is 24.7 Å². The molecule has 0 saturated carbocycles. The second kappa shape index (κ2) is 6.51. The van der Waals surface area contributed by atoms with Crippen LogP contribution in [0.5, 0.6) is 0 Å². The predicted molar refractivity (Wildman–Crippen MR) is 96.9 cm³/mol. The molecular formula is C18H21N7. The van der Waals surface area contributed by atoms with E-state index < -0.39 is 0 Å². The minimum Gasteiger partial charge on any atom is -0.346 e. The van der Waals surface area contributed by atoms with Crippen molar-refractivity contribution in [2.24, 2.45) is 7.05 Å². The van der Waals surface area contributed by atoms with Crippen molar-refractivity contribution in [3.8, 4) is 0 Å². The molecule has 0 bridgehead atoms. The third-order valence-electron chi connectivity index (χ3n) is 4.72. The van der Waals surface area contributed by atoms with Crippen LogP contribution in [0.1, 0.15) is 24.7 Å². The second-order valence-corrected chi connectivity index (χ2v) is 6.28. The molecule has 1 saturated heterocycles. The van der Waals surface area contributed by atoms with Gasteiger partial charge in [0, 0.05) is 32.4 Å². The van der Waals surface area contributed by atoms with E-state index in [9.17, 15) is 0 Å². The van der Waals surface area contributed by atoms with Crippen molar-refractivity contribution in [2.75, 3.05) is 23.4 Å². The molecule has 1 unspecified atom stereocenters. The van der Waals surface area contributed by atoms with Crippen molar-refractivity contribution < 1.29 is 0 Å². The van der Waals surface area contributed by atoms with Crippen molar-refractivity contribution in [1.29, 1.82) is 0 Å². The van der Waals surface area contributed by atoms with Crippen LogP contribution in [-0.4, -0.2) is 38.3 Å². The van der Waals surface area contributed by atoms with Crippen LogP contribution in [0.4, 0.5) is 17.3 Å². The molecule has 1 atom stereocenters. The number of hydrogen-bond donors (Lipinski definition) is 0. The molecule has 1 aliphatic rings.